The molecule has 2 rings (SSSR count). The van der Waals surface area contributed by atoms with Crippen LogP contribution >= 0.6 is 0 Å². The molecule has 1 aromatic rings. The molecular weight excluding hydrogens is 260 g/mol. The maximum Gasteiger partial charge on any atom is 0.337 e. The molecule has 1 aromatic heterocycles. The van der Waals surface area contributed by atoms with Crippen LogP contribution in [0.2, 0.25) is 0 Å². The summed E-state index contributed by atoms with van der Waals surface area (Å²) in [6.45, 7) is 0.586. The average Bonchev–Trinajstić information content (AvgIpc) is 2.21. The van der Waals surface area contributed by atoms with E-state index in [1.54, 1.807) is 0 Å². The van der Waals surface area contributed by atoms with Crippen LogP contribution in [0.25, 0.3) is 0 Å². The molecule has 0 unspecified atom stereocenters. The van der Waals surface area contributed by atoms with Gasteiger partial charge in [-0.2, -0.15) is 4.31 Å². The number of aromatic carboxylic acids is 1. The number of aromatic nitrogens is 1. The van der Waals surface area contributed by atoms with Crippen molar-refractivity contribution in [3.63, 3.8) is 0 Å². The van der Waals surface area contributed by atoms with Gasteiger partial charge in [0.05, 0.1) is 24.9 Å². The number of carboxylic acids is 1. The lowest BCUT2D eigenvalue weighted by atomic mass is 10.2. The number of pyridine rings is 1. The van der Waals surface area contributed by atoms with Crippen LogP contribution in [0.1, 0.15) is 10.4 Å². The highest BCUT2D eigenvalue weighted by Gasteiger charge is 2.34. The number of ether oxygens (including phenoxy) is 1. The molecule has 1 fully saturated rings. The van der Waals surface area contributed by atoms with Crippen molar-refractivity contribution in [1.29, 1.82) is 0 Å². The van der Waals surface area contributed by atoms with Gasteiger partial charge >= 0.3 is 5.97 Å². The lowest BCUT2D eigenvalue weighted by molar-refractivity contribution is 0.0690. The van der Waals surface area contributed by atoms with Gasteiger partial charge in [-0.3, -0.25) is 0 Å². The molecule has 2 heterocycles. The average molecular weight is 272 g/mol. The molecule has 1 aliphatic heterocycles. The summed E-state index contributed by atoms with van der Waals surface area (Å²) in [5.41, 5.74) is 0.0775. The maximum atomic E-state index is 11.1. The number of sulfonamides is 1. The van der Waals surface area contributed by atoms with Gasteiger partial charge < -0.3 is 9.84 Å². The Balaban J connectivity index is 1.91. The summed E-state index contributed by atoms with van der Waals surface area (Å²) in [6, 6.07) is 2.84. The first-order valence-electron chi connectivity index (χ1n) is 5.17. The Morgan fingerprint density at radius 2 is 2.17 bits per heavy atom. The van der Waals surface area contributed by atoms with Gasteiger partial charge in [0.25, 0.3) is 0 Å². The number of carboxylic acid groups (broad SMARTS) is 1. The zero-order valence-corrected chi connectivity index (χ0v) is 10.4. The number of nitrogens with zero attached hydrogens (tertiary/aromatic N) is 2. The molecule has 18 heavy (non-hydrogen) atoms. The molecule has 1 aliphatic rings. The van der Waals surface area contributed by atoms with Gasteiger partial charge in [0.1, 0.15) is 6.10 Å². The summed E-state index contributed by atoms with van der Waals surface area (Å²) in [5, 5.41) is 8.69. The quantitative estimate of drug-likeness (QED) is 0.815. The first-order valence-corrected chi connectivity index (χ1v) is 7.02. The Bertz CT molecular complexity index is 548. The van der Waals surface area contributed by atoms with Crippen LogP contribution in [0, 0.1) is 0 Å². The van der Waals surface area contributed by atoms with E-state index in [0.29, 0.717) is 13.1 Å². The van der Waals surface area contributed by atoms with E-state index in [0.717, 1.165) is 6.26 Å². The molecule has 0 spiro atoms. The zero-order valence-electron chi connectivity index (χ0n) is 9.61. The Morgan fingerprint density at radius 3 is 2.61 bits per heavy atom. The third-order valence-corrected chi connectivity index (χ3v) is 3.79. The molecule has 0 saturated carbocycles. The van der Waals surface area contributed by atoms with Gasteiger partial charge in [0, 0.05) is 12.3 Å². The van der Waals surface area contributed by atoms with E-state index in [2.05, 4.69) is 4.98 Å². The lowest BCUT2D eigenvalue weighted by Gasteiger charge is -2.36. The minimum atomic E-state index is -3.15. The summed E-state index contributed by atoms with van der Waals surface area (Å²) in [6.07, 6.45) is 2.11. The summed E-state index contributed by atoms with van der Waals surface area (Å²) in [5.74, 6) is -0.765. The van der Waals surface area contributed by atoms with Crippen molar-refractivity contribution in [3.05, 3.63) is 23.9 Å². The van der Waals surface area contributed by atoms with E-state index >= 15 is 0 Å². The fourth-order valence-corrected chi connectivity index (χ4v) is 2.37. The van der Waals surface area contributed by atoms with Crippen LogP contribution in [0.3, 0.4) is 0 Å². The Labute approximate surface area is 104 Å². The smallest absolute Gasteiger partial charge is 0.337 e. The van der Waals surface area contributed by atoms with Gasteiger partial charge in [-0.25, -0.2) is 18.2 Å². The first kappa shape index (κ1) is 12.8. The van der Waals surface area contributed by atoms with Crippen molar-refractivity contribution in [1.82, 2.24) is 9.29 Å². The molecular formula is C10H12N2O5S. The van der Waals surface area contributed by atoms with Crippen molar-refractivity contribution in [2.75, 3.05) is 19.3 Å². The van der Waals surface area contributed by atoms with Crippen molar-refractivity contribution >= 4 is 16.0 Å². The van der Waals surface area contributed by atoms with E-state index < -0.39 is 16.0 Å². The largest absolute Gasteiger partial charge is 0.478 e. The van der Waals surface area contributed by atoms with Crippen LogP contribution in [-0.4, -0.2) is 54.2 Å². The number of hydrogen-bond donors (Lipinski definition) is 1. The molecule has 7 nitrogen and oxygen atoms in total. The second kappa shape index (κ2) is 4.54. The van der Waals surface area contributed by atoms with E-state index in [1.807, 2.05) is 0 Å². The molecule has 0 bridgehead atoms. The monoisotopic (exact) mass is 272 g/mol. The highest BCUT2D eigenvalue weighted by Crippen LogP contribution is 2.18. The first-order chi connectivity index (χ1) is 8.36. The van der Waals surface area contributed by atoms with Crippen LogP contribution in [0.5, 0.6) is 5.88 Å². The molecule has 8 heteroatoms. The van der Waals surface area contributed by atoms with E-state index in [4.69, 9.17) is 9.84 Å². The second-order valence-electron chi connectivity index (χ2n) is 4.01. The number of rotatable bonds is 4. The standard InChI is InChI=1S/C10H12N2O5S/c1-18(15,16)12-5-8(6-12)17-9-3-2-7(4-11-9)10(13)14/h2-4,8H,5-6H2,1H3,(H,13,14). The fourth-order valence-electron chi connectivity index (χ4n) is 1.49. The van der Waals surface area contributed by atoms with Gasteiger partial charge in [-0.05, 0) is 6.07 Å². The predicted octanol–water partition coefficient (Wildman–Crippen LogP) is -0.198. The molecule has 1 N–H and O–H groups in total. The second-order valence-corrected chi connectivity index (χ2v) is 5.99. The minimum absolute atomic E-state index is 0.0775. The highest BCUT2D eigenvalue weighted by atomic mass is 32.2. The number of carbonyl (C=O) groups is 1. The SMILES string of the molecule is CS(=O)(=O)N1CC(Oc2ccc(C(=O)O)cn2)C1. The predicted molar refractivity (Wildman–Crippen MR) is 62.0 cm³/mol. The minimum Gasteiger partial charge on any atom is -0.478 e. The van der Waals surface area contributed by atoms with Gasteiger partial charge in [0.15, 0.2) is 0 Å². The Morgan fingerprint density at radius 1 is 1.50 bits per heavy atom. The Hall–Kier alpha value is -1.67. The van der Waals surface area contributed by atoms with E-state index in [1.165, 1.54) is 22.6 Å². The molecule has 0 radical (unpaired) electrons. The van der Waals surface area contributed by atoms with E-state index in [-0.39, 0.29) is 17.5 Å². The number of hydrogen-bond acceptors (Lipinski definition) is 5. The van der Waals surface area contributed by atoms with Crippen molar-refractivity contribution in [2.45, 2.75) is 6.10 Å². The zero-order chi connectivity index (χ0) is 13.3. The summed E-state index contributed by atoms with van der Waals surface area (Å²) in [7, 11) is -3.15. The van der Waals surface area contributed by atoms with Crippen molar-refractivity contribution < 1.29 is 23.1 Å². The molecule has 0 aromatic carbocycles. The van der Waals surface area contributed by atoms with Crippen LogP contribution < -0.4 is 4.74 Å². The Kier molecular flexibility index (Phi) is 3.22. The highest BCUT2D eigenvalue weighted by molar-refractivity contribution is 7.88. The molecule has 0 aliphatic carbocycles. The maximum absolute atomic E-state index is 11.1. The lowest BCUT2D eigenvalue weighted by Crippen LogP contribution is -2.55. The van der Waals surface area contributed by atoms with Crippen LogP contribution in [0.15, 0.2) is 18.3 Å². The third-order valence-electron chi connectivity index (χ3n) is 2.55. The van der Waals surface area contributed by atoms with Gasteiger partial charge in [-0.1, -0.05) is 0 Å². The molecule has 98 valence electrons. The van der Waals surface area contributed by atoms with Gasteiger partial charge in [0.2, 0.25) is 15.9 Å². The topological polar surface area (TPSA) is 96.8 Å². The summed E-state index contributed by atoms with van der Waals surface area (Å²) >= 11 is 0. The normalized spacial score (nSPS) is 17.2. The fraction of sp³-hybridized carbons (Fsp3) is 0.400. The molecule has 1 saturated heterocycles. The molecule has 0 atom stereocenters. The third kappa shape index (κ3) is 2.77. The summed E-state index contributed by atoms with van der Waals surface area (Å²) in [4.78, 5) is 14.4. The van der Waals surface area contributed by atoms with Crippen molar-refractivity contribution in [2.24, 2.45) is 0 Å². The van der Waals surface area contributed by atoms with E-state index in [9.17, 15) is 13.2 Å². The van der Waals surface area contributed by atoms with Crippen LogP contribution in [-0.2, 0) is 10.0 Å². The van der Waals surface area contributed by atoms with Gasteiger partial charge in [-0.15, -0.1) is 0 Å². The van der Waals surface area contributed by atoms with Crippen LogP contribution in [0.4, 0.5) is 0 Å². The van der Waals surface area contributed by atoms with Crippen molar-refractivity contribution in [3.8, 4) is 5.88 Å². The molecule has 0 amide bonds. The summed E-state index contributed by atoms with van der Waals surface area (Å²) < 4.78 is 28.9.